The maximum Gasteiger partial charge on any atom is 0.321 e. The van der Waals surface area contributed by atoms with Crippen LogP contribution in [0.1, 0.15) is 78.0 Å². The molecule has 0 fully saturated rings. The van der Waals surface area contributed by atoms with Gasteiger partial charge in [0.1, 0.15) is 0 Å². The molecule has 0 heterocycles. The van der Waals surface area contributed by atoms with Crippen LogP contribution in [0.5, 0.6) is 0 Å². The maximum atomic E-state index is 14.6. The number of unbranched alkanes of at least 4 members (excludes halogenated alkanes) is 1. The van der Waals surface area contributed by atoms with Crippen molar-refractivity contribution in [1.82, 2.24) is 0 Å². The Morgan fingerprint density at radius 3 is 1.40 bits per heavy atom. The Balaban J connectivity index is 1.98. The first-order valence-electron chi connectivity index (χ1n) is 15.0. The van der Waals surface area contributed by atoms with Gasteiger partial charge in [-0.2, -0.15) is 0 Å². The first-order chi connectivity index (χ1) is 19.9. The number of benzene rings is 4. The molecule has 0 saturated carbocycles. The summed E-state index contributed by atoms with van der Waals surface area (Å²) in [5, 5.41) is 0. The minimum absolute atomic E-state index is 0.0864. The van der Waals surface area contributed by atoms with Gasteiger partial charge in [-0.15, -0.1) is 0 Å². The van der Waals surface area contributed by atoms with Gasteiger partial charge in [-0.1, -0.05) is 116 Å². The Bertz CT molecular complexity index is 1460. The van der Waals surface area contributed by atoms with Crippen LogP contribution in [0, 0.1) is 0 Å². The van der Waals surface area contributed by atoms with E-state index in [-0.39, 0.29) is 10.8 Å². The van der Waals surface area contributed by atoms with Gasteiger partial charge in [0.05, 0.1) is 5.69 Å². The third kappa shape index (κ3) is 6.65. The second-order valence-corrected chi connectivity index (χ2v) is 12.9. The molecule has 0 atom stereocenters. The largest absolute Gasteiger partial charge is 0.321 e. The summed E-state index contributed by atoms with van der Waals surface area (Å²) in [7, 11) is 0. The molecule has 4 rings (SSSR count). The summed E-state index contributed by atoms with van der Waals surface area (Å²) < 4.78 is 0. The van der Waals surface area contributed by atoms with Crippen molar-refractivity contribution in [2.45, 2.75) is 78.6 Å². The molecule has 0 aromatic heterocycles. The van der Waals surface area contributed by atoms with Gasteiger partial charge in [-0.3, -0.25) is 19.4 Å². The average Bonchev–Trinajstić information content (AvgIpc) is 2.97. The predicted molar refractivity (Wildman–Crippen MR) is 176 cm³/mol. The van der Waals surface area contributed by atoms with Crippen molar-refractivity contribution in [3.05, 3.63) is 120 Å². The van der Waals surface area contributed by atoms with Crippen LogP contribution in [0.3, 0.4) is 0 Å². The van der Waals surface area contributed by atoms with E-state index in [9.17, 15) is 9.59 Å². The molecule has 0 aliphatic rings. The lowest BCUT2D eigenvalue weighted by atomic mass is 9.72. The van der Waals surface area contributed by atoms with E-state index < -0.39 is 11.8 Å². The lowest BCUT2D eigenvalue weighted by molar-refractivity contribution is -0.135. The van der Waals surface area contributed by atoms with E-state index in [2.05, 4.69) is 54.5 Å². The lowest BCUT2D eigenvalue weighted by Gasteiger charge is -2.36. The Labute approximate surface area is 252 Å². The third-order valence-corrected chi connectivity index (χ3v) is 7.50. The number of rotatable bonds is 7. The van der Waals surface area contributed by atoms with Crippen LogP contribution in [0.2, 0.25) is 0 Å². The highest BCUT2D eigenvalue weighted by atomic mass is 16.2. The molecule has 0 bridgehead atoms. The van der Waals surface area contributed by atoms with Gasteiger partial charge in [-0.05, 0) is 82.8 Å². The van der Waals surface area contributed by atoms with Crippen LogP contribution in [0.25, 0.3) is 0 Å². The quantitative estimate of drug-likeness (QED) is 0.211. The molecule has 4 heteroatoms. The van der Waals surface area contributed by atoms with Gasteiger partial charge in [0.25, 0.3) is 0 Å². The van der Waals surface area contributed by atoms with Crippen molar-refractivity contribution >= 4 is 34.6 Å². The Morgan fingerprint density at radius 2 is 1.00 bits per heavy atom. The van der Waals surface area contributed by atoms with E-state index in [1.807, 2.05) is 97.1 Å². The number of hydrogen-bond acceptors (Lipinski definition) is 2. The highest BCUT2D eigenvalue weighted by molar-refractivity contribution is 6.47. The fourth-order valence-electron chi connectivity index (χ4n) is 5.61. The van der Waals surface area contributed by atoms with E-state index >= 15 is 0 Å². The molecule has 0 radical (unpaired) electrons. The van der Waals surface area contributed by atoms with E-state index in [1.54, 1.807) is 4.90 Å². The second-order valence-electron chi connectivity index (χ2n) is 12.9. The third-order valence-electron chi connectivity index (χ3n) is 7.50. The molecule has 42 heavy (non-hydrogen) atoms. The molecular formula is C38H44N2O2. The highest BCUT2D eigenvalue weighted by Gasteiger charge is 2.35. The van der Waals surface area contributed by atoms with Gasteiger partial charge in [-0.25, -0.2) is 0 Å². The summed E-state index contributed by atoms with van der Waals surface area (Å²) in [6.07, 6.45) is 2.82. The van der Waals surface area contributed by atoms with Crippen LogP contribution in [-0.2, 0) is 26.8 Å². The summed E-state index contributed by atoms with van der Waals surface area (Å²) in [5.74, 6) is -1.22. The standard InChI is InChI=1S/C38H44N2O2/c1-8-9-25-31-33(27-26-32(37(2,3)4)34(31)38(5,6)7)40(30-23-17-12-18-24-30)36(42)35(41)39(28-19-13-10-14-20-28)29-21-15-11-16-22-29/h10-24,26-27H,8-9,25H2,1-7H3. The van der Waals surface area contributed by atoms with E-state index in [1.165, 1.54) is 16.0 Å². The average molecular weight is 561 g/mol. The number of nitrogens with zero attached hydrogens (tertiary/aromatic N) is 2. The lowest BCUT2D eigenvalue weighted by Crippen LogP contribution is -2.42. The monoisotopic (exact) mass is 560 g/mol. The number of para-hydroxylation sites is 3. The van der Waals surface area contributed by atoms with E-state index in [4.69, 9.17) is 0 Å². The van der Waals surface area contributed by atoms with Crippen molar-refractivity contribution in [2.75, 3.05) is 9.80 Å². The van der Waals surface area contributed by atoms with Crippen LogP contribution in [-0.4, -0.2) is 11.8 Å². The predicted octanol–water partition coefficient (Wildman–Crippen LogP) is 9.65. The van der Waals surface area contributed by atoms with Crippen molar-refractivity contribution in [3.63, 3.8) is 0 Å². The summed E-state index contributed by atoms with van der Waals surface area (Å²) in [5.41, 5.74) is 6.11. The Kier molecular flexibility index (Phi) is 9.36. The number of anilines is 4. The van der Waals surface area contributed by atoms with Crippen molar-refractivity contribution in [1.29, 1.82) is 0 Å². The number of carbonyl (C=O) groups is 2. The van der Waals surface area contributed by atoms with Crippen molar-refractivity contribution in [3.8, 4) is 0 Å². The molecule has 0 aliphatic carbocycles. The Hall–Kier alpha value is -4.18. The summed E-state index contributed by atoms with van der Waals surface area (Å²) in [6.45, 7) is 15.6. The first-order valence-corrected chi connectivity index (χ1v) is 15.0. The fraction of sp³-hybridized carbons (Fsp3) is 0.316. The smallest absolute Gasteiger partial charge is 0.273 e. The zero-order valence-corrected chi connectivity index (χ0v) is 26.1. The van der Waals surface area contributed by atoms with Gasteiger partial charge >= 0.3 is 11.8 Å². The molecule has 0 saturated heterocycles. The van der Waals surface area contributed by atoms with Crippen LogP contribution in [0.4, 0.5) is 22.7 Å². The minimum atomic E-state index is -0.616. The molecule has 4 aromatic rings. The molecular weight excluding hydrogens is 516 g/mol. The molecule has 218 valence electrons. The Morgan fingerprint density at radius 1 is 0.571 bits per heavy atom. The normalized spacial score (nSPS) is 11.7. The summed E-state index contributed by atoms with van der Waals surface area (Å²) in [4.78, 5) is 32.2. The highest BCUT2D eigenvalue weighted by Crippen LogP contribution is 2.43. The summed E-state index contributed by atoms with van der Waals surface area (Å²) >= 11 is 0. The molecule has 0 spiro atoms. The van der Waals surface area contributed by atoms with Crippen LogP contribution >= 0.6 is 0 Å². The van der Waals surface area contributed by atoms with Crippen molar-refractivity contribution in [2.24, 2.45) is 0 Å². The number of amides is 2. The van der Waals surface area contributed by atoms with E-state index in [0.29, 0.717) is 17.1 Å². The minimum Gasteiger partial charge on any atom is -0.273 e. The van der Waals surface area contributed by atoms with Crippen LogP contribution in [0.15, 0.2) is 103 Å². The SMILES string of the molecule is CCCCc1c(N(C(=O)C(=O)N(c2ccccc2)c2ccccc2)c2ccccc2)ccc(C(C)(C)C)c1C(C)(C)C. The molecule has 0 N–H and O–H groups in total. The number of hydrogen-bond donors (Lipinski definition) is 0. The zero-order chi connectivity index (χ0) is 30.5. The molecule has 4 aromatic carbocycles. The molecule has 4 nitrogen and oxygen atoms in total. The van der Waals surface area contributed by atoms with Gasteiger partial charge < -0.3 is 0 Å². The molecule has 0 aliphatic heterocycles. The van der Waals surface area contributed by atoms with Crippen LogP contribution < -0.4 is 9.80 Å². The second kappa shape index (κ2) is 12.8. The first kappa shape index (κ1) is 30.8. The summed E-state index contributed by atoms with van der Waals surface area (Å²) in [6, 6.07) is 32.5. The number of carbonyl (C=O) groups excluding carboxylic acids is 2. The van der Waals surface area contributed by atoms with Gasteiger partial charge in [0, 0.05) is 17.1 Å². The fourth-order valence-corrected chi connectivity index (χ4v) is 5.61. The van der Waals surface area contributed by atoms with Gasteiger partial charge in [0.2, 0.25) is 0 Å². The zero-order valence-electron chi connectivity index (χ0n) is 26.1. The molecule has 2 amide bonds. The topological polar surface area (TPSA) is 40.6 Å². The van der Waals surface area contributed by atoms with Crippen molar-refractivity contribution < 1.29 is 9.59 Å². The van der Waals surface area contributed by atoms with Gasteiger partial charge in [0.15, 0.2) is 0 Å². The molecule has 0 unspecified atom stereocenters. The van der Waals surface area contributed by atoms with E-state index in [0.717, 1.165) is 30.5 Å². The maximum absolute atomic E-state index is 14.6.